The van der Waals surface area contributed by atoms with Crippen molar-refractivity contribution in [2.24, 2.45) is 0 Å². The van der Waals surface area contributed by atoms with Crippen LogP contribution < -0.4 is 13.6 Å². The van der Waals surface area contributed by atoms with E-state index >= 15 is 0 Å². The first-order valence-electron chi connectivity index (χ1n) is 11.8. The molecule has 0 radical (unpaired) electrons. The van der Waals surface area contributed by atoms with E-state index in [4.69, 9.17) is 0 Å². The van der Waals surface area contributed by atoms with Gasteiger partial charge in [-0.25, -0.2) is 18.1 Å². The number of rotatable bonds is 9. The number of nitrogens with zero attached hydrogens (tertiary/aromatic N) is 1. The maximum absolute atomic E-state index is 13.5. The van der Waals surface area contributed by atoms with Crippen molar-refractivity contribution >= 4 is 61.2 Å². The molecule has 40 heavy (non-hydrogen) atoms. The number of thiazole rings is 1. The van der Waals surface area contributed by atoms with E-state index in [2.05, 4.69) is 18.6 Å². The number of halogens is 4. The molecule has 0 aliphatic heterocycles. The second-order valence-corrected chi connectivity index (χ2v) is 11.8. The van der Waals surface area contributed by atoms with Crippen molar-refractivity contribution in [1.29, 1.82) is 0 Å². The minimum absolute atomic E-state index is 0.184. The molecule has 1 aliphatic carbocycles. The zero-order valence-electron chi connectivity index (χ0n) is 20.5. The van der Waals surface area contributed by atoms with Crippen molar-refractivity contribution in [3.63, 3.8) is 0 Å². The van der Waals surface area contributed by atoms with Crippen LogP contribution in [0.25, 0.3) is 11.3 Å². The number of aromatic nitrogens is 1. The Hall–Kier alpha value is -3.08. The van der Waals surface area contributed by atoms with Gasteiger partial charge in [-0.05, 0) is 30.5 Å². The molecule has 1 heterocycles. The Morgan fingerprint density at radius 1 is 1.05 bits per heavy atom. The molecule has 1 unspecified atom stereocenters. The first-order chi connectivity index (χ1) is 19.0. The Morgan fingerprint density at radius 2 is 1.75 bits per heavy atom. The minimum Gasteiger partial charge on any atom is -0.299 e. The molecule has 1 atom stereocenters. The normalized spacial score (nSPS) is 15.7. The van der Waals surface area contributed by atoms with E-state index in [1.165, 1.54) is 24.3 Å². The van der Waals surface area contributed by atoms with Crippen LogP contribution in [0.2, 0.25) is 0 Å². The third-order valence-corrected chi connectivity index (χ3v) is 8.81. The summed E-state index contributed by atoms with van der Waals surface area (Å²) in [6, 6.07) is 13.4. The van der Waals surface area contributed by atoms with Crippen LogP contribution >= 0.6 is 34.2 Å². The summed E-state index contributed by atoms with van der Waals surface area (Å²) in [5, 5.41) is 4.50. The fourth-order valence-electron chi connectivity index (χ4n) is 3.89. The van der Waals surface area contributed by atoms with Crippen LogP contribution in [0.3, 0.4) is 0 Å². The highest BCUT2D eigenvalue weighted by Gasteiger charge is 2.39. The number of nitrogens with one attached hydrogen (secondary N) is 3. The average molecular weight is 703 g/mol. The number of aryl methyl sites for hydroxylation is 1. The van der Waals surface area contributed by atoms with E-state index in [0.29, 0.717) is 17.7 Å². The lowest BCUT2D eigenvalue weighted by Gasteiger charge is -2.26. The van der Waals surface area contributed by atoms with E-state index in [1.54, 1.807) is 28.2 Å². The van der Waals surface area contributed by atoms with Gasteiger partial charge in [0.05, 0.1) is 39.5 Å². The summed E-state index contributed by atoms with van der Waals surface area (Å²) in [5.74, 6) is -0.959. The first-order valence-corrected chi connectivity index (χ1v) is 15.2. The molecule has 3 N–H and O–H groups in total. The molecule has 4 rings (SSSR count). The maximum atomic E-state index is 13.5. The Balaban J connectivity index is 1.53. The van der Waals surface area contributed by atoms with Crippen molar-refractivity contribution < 1.29 is 31.2 Å². The Labute approximate surface area is 246 Å². The summed E-state index contributed by atoms with van der Waals surface area (Å²) in [6.07, 6.45) is -3.13. The molecule has 1 aromatic heterocycles. The predicted molar refractivity (Wildman–Crippen MR) is 154 cm³/mol. The van der Waals surface area contributed by atoms with Crippen molar-refractivity contribution in [2.45, 2.75) is 36.4 Å². The summed E-state index contributed by atoms with van der Waals surface area (Å²) in [7, 11) is -4.31. The number of carbonyl (C=O) groups is 2. The van der Waals surface area contributed by atoms with E-state index in [9.17, 15) is 31.2 Å². The van der Waals surface area contributed by atoms with Gasteiger partial charge in [-0.1, -0.05) is 54.6 Å². The lowest BCUT2D eigenvalue weighted by Crippen LogP contribution is -2.42. The molecule has 2 aromatic carbocycles. The molecule has 0 saturated carbocycles. The van der Waals surface area contributed by atoms with E-state index in [0.717, 1.165) is 29.1 Å². The average Bonchev–Trinajstić information content (AvgIpc) is 3.40. The number of hydrogen-bond acceptors (Lipinski definition) is 6. The monoisotopic (exact) mass is 702 g/mol. The van der Waals surface area contributed by atoms with Crippen LogP contribution in [0.1, 0.15) is 18.4 Å². The number of benzene rings is 2. The second-order valence-electron chi connectivity index (χ2n) is 8.71. The number of sulfonamides is 1. The highest BCUT2D eigenvalue weighted by atomic mass is 127. The molecule has 3 aromatic rings. The fraction of sp³-hybridized carbons (Fsp3) is 0.192. The molecule has 0 saturated heterocycles. The molecule has 1 aliphatic rings. The van der Waals surface area contributed by atoms with Crippen LogP contribution in [0.5, 0.6) is 0 Å². The van der Waals surface area contributed by atoms with Gasteiger partial charge in [0.25, 0.3) is 5.91 Å². The smallest absolute Gasteiger partial charge is 0.299 e. The van der Waals surface area contributed by atoms with Gasteiger partial charge in [0.15, 0.2) is 5.13 Å². The zero-order chi connectivity index (χ0) is 28.9. The highest BCUT2D eigenvalue weighted by Crippen LogP contribution is 2.34. The Kier molecular flexibility index (Phi) is 9.43. The van der Waals surface area contributed by atoms with E-state index < -0.39 is 40.1 Å². The lowest BCUT2D eigenvalue weighted by molar-refractivity contribution is -0.118. The van der Waals surface area contributed by atoms with Crippen molar-refractivity contribution in [2.75, 3.05) is 5.32 Å². The van der Waals surface area contributed by atoms with Gasteiger partial charge in [-0.15, -0.1) is 11.3 Å². The summed E-state index contributed by atoms with van der Waals surface area (Å²) < 4.78 is 71.5. The SMILES string of the molecule is O=C(CCc1ccc(S(=O)(=O)NC2CC(C(F)(F)F)=CC=C2C(=O)Nc2nc(-c3ccccc3)cs2)cc1)NI. The van der Waals surface area contributed by atoms with Gasteiger partial charge >= 0.3 is 6.18 Å². The van der Waals surface area contributed by atoms with Gasteiger partial charge < -0.3 is 0 Å². The molecule has 0 fully saturated rings. The van der Waals surface area contributed by atoms with Gasteiger partial charge in [-0.2, -0.15) is 13.2 Å². The molecular formula is C26H22F3IN4O4S2. The third kappa shape index (κ3) is 7.56. The Bertz CT molecular complexity index is 1550. The maximum Gasteiger partial charge on any atom is 0.412 e. The number of amides is 2. The Morgan fingerprint density at radius 3 is 2.40 bits per heavy atom. The van der Waals surface area contributed by atoms with Crippen LogP contribution in [-0.4, -0.2) is 37.4 Å². The summed E-state index contributed by atoms with van der Waals surface area (Å²) in [4.78, 5) is 28.7. The summed E-state index contributed by atoms with van der Waals surface area (Å²) in [6.45, 7) is 0. The predicted octanol–water partition coefficient (Wildman–Crippen LogP) is 5.31. The van der Waals surface area contributed by atoms with Crippen molar-refractivity contribution in [3.8, 4) is 11.3 Å². The largest absolute Gasteiger partial charge is 0.412 e. The van der Waals surface area contributed by atoms with E-state index in [1.807, 2.05) is 30.3 Å². The zero-order valence-corrected chi connectivity index (χ0v) is 24.3. The molecule has 0 spiro atoms. The lowest BCUT2D eigenvalue weighted by atomic mass is 9.93. The highest BCUT2D eigenvalue weighted by molar-refractivity contribution is 14.1. The van der Waals surface area contributed by atoms with Gasteiger partial charge in [0, 0.05) is 28.5 Å². The number of alkyl halides is 3. The molecule has 8 nitrogen and oxygen atoms in total. The van der Waals surface area contributed by atoms with E-state index in [-0.39, 0.29) is 27.9 Å². The van der Waals surface area contributed by atoms with Crippen LogP contribution in [0, 0.1) is 0 Å². The van der Waals surface area contributed by atoms with Gasteiger partial charge in [0.1, 0.15) is 0 Å². The van der Waals surface area contributed by atoms with Crippen LogP contribution in [0.15, 0.2) is 88.2 Å². The molecule has 14 heteroatoms. The summed E-state index contributed by atoms with van der Waals surface area (Å²) in [5.41, 5.74) is 0.972. The van der Waals surface area contributed by atoms with Gasteiger partial charge in [-0.3, -0.25) is 18.4 Å². The molecule has 2 amide bonds. The second kappa shape index (κ2) is 12.6. The quantitative estimate of drug-likeness (QED) is 0.207. The van der Waals surface area contributed by atoms with Crippen molar-refractivity contribution in [1.82, 2.24) is 13.2 Å². The molecule has 210 valence electrons. The fourth-order valence-corrected chi connectivity index (χ4v) is 6.09. The first kappa shape index (κ1) is 29.9. The van der Waals surface area contributed by atoms with Crippen LogP contribution in [0.4, 0.5) is 18.3 Å². The number of anilines is 1. The summed E-state index contributed by atoms with van der Waals surface area (Å²) >= 11 is 2.85. The minimum atomic E-state index is -4.70. The van der Waals surface area contributed by atoms with Crippen molar-refractivity contribution in [3.05, 3.63) is 88.8 Å². The third-order valence-electron chi connectivity index (χ3n) is 5.96. The molecule has 0 bridgehead atoms. The van der Waals surface area contributed by atoms with Crippen LogP contribution in [-0.2, 0) is 26.0 Å². The number of allylic oxidation sites excluding steroid dienone is 2. The molecular weight excluding hydrogens is 680 g/mol. The number of hydrogen-bond donors (Lipinski definition) is 3. The topological polar surface area (TPSA) is 117 Å². The van der Waals surface area contributed by atoms with Gasteiger partial charge in [0.2, 0.25) is 15.9 Å². The standard InChI is InChI=1S/C26H22F3IN4O4S2/c27-26(28,29)18-9-12-20(24(36)32-25-31-22(15-39-25)17-4-2-1-3-5-17)21(14-18)34-40(37,38)19-10-6-16(7-11-19)8-13-23(35)33-30/h1-7,9-12,15,21,34H,8,13-14H2,(H,33,35)(H,31,32,36). The number of carbonyl (C=O) groups excluding carboxylic acids is 2.